The first-order valence-electron chi connectivity index (χ1n) is 10.1. The fourth-order valence-electron chi connectivity index (χ4n) is 5.91. The molecule has 1 aromatic rings. The Morgan fingerprint density at radius 1 is 1.07 bits per heavy atom. The fraction of sp³-hybridized carbons (Fsp3) is 0.591. The molecule has 4 saturated carbocycles. The summed E-state index contributed by atoms with van der Waals surface area (Å²) in [4.78, 5) is 24.9. The van der Waals surface area contributed by atoms with Gasteiger partial charge in [-0.1, -0.05) is 12.1 Å². The minimum absolute atomic E-state index is 0.0804. The number of nitriles is 1. The van der Waals surface area contributed by atoms with Crippen LogP contribution < -0.4 is 10.6 Å². The SMILES string of the molecule is N#Cc1cccc(CNC(=O)CCNC(=O)C23CC4CC(CC(C4)C2)C3)c1. The van der Waals surface area contributed by atoms with Crippen molar-refractivity contribution in [1.82, 2.24) is 10.6 Å². The summed E-state index contributed by atoms with van der Waals surface area (Å²) in [5.74, 6) is 2.33. The van der Waals surface area contributed by atoms with Crippen LogP contribution in [0, 0.1) is 34.5 Å². The molecule has 27 heavy (non-hydrogen) atoms. The summed E-state index contributed by atoms with van der Waals surface area (Å²) in [5, 5.41) is 14.8. The second-order valence-corrected chi connectivity index (χ2v) is 8.79. The van der Waals surface area contributed by atoms with Crippen molar-refractivity contribution >= 4 is 11.8 Å². The molecule has 0 radical (unpaired) electrons. The summed E-state index contributed by atoms with van der Waals surface area (Å²) < 4.78 is 0. The number of benzene rings is 1. The number of hydrogen-bond donors (Lipinski definition) is 2. The molecular formula is C22H27N3O2. The smallest absolute Gasteiger partial charge is 0.226 e. The van der Waals surface area contributed by atoms with E-state index in [1.807, 2.05) is 12.1 Å². The van der Waals surface area contributed by atoms with Gasteiger partial charge in [-0.25, -0.2) is 0 Å². The average molecular weight is 365 g/mol. The lowest BCUT2D eigenvalue weighted by Gasteiger charge is -2.55. The summed E-state index contributed by atoms with van der Waals surface area (Å²) in [7, 11) is 0. The van der Waals surface area contributed by atoms with Crippen molar-refractivity contribution in [3.63, 3.8) is 0 Å². The van der Waals surface area contributed by atoms with E-state index in [-0.39, 0.29) is 23.7 Å². The lowest BCUT2D eigenvalue weighted by molar-refractivity contribution is -0.146. The van der Waals surface area contributed by atoms with Crippen molar-refractivity contribution in [3.8, 4) is 6.07 Å². The normalized spacial score (nSPS) is 30.6. The third-order valence-electron chi connectivity index (χ3n) is 6.70. The number of nitrogens with one attached hydrogen (secondary N) is 2. The minimum atomic E-state index is -0.150. The van der Waals surface area contributed by atoms with Gasteiger partial charge in [0, 0.05) is 24.9 Å². The third kappa shape index (κ3) is 3.85. The van der Waals surface area contributed by atoms with Crippen LogP contribution in [0.4, 0.5) is 0 Å². The van der Waals surface area contributed by atoms with Gasteiger partial charge in [-0.05, 0) is 74.0 Å². The van der Waals surface area contributed by atoms with Crippen LogP contribution >= 0.6 is 0 Å². The fourth-order valence-corrected chi connectivity index (χ4v) is 5.91. The molecule has 5 heteroatoms. The van der Waals surface area contributed by atoms with Gasteiger partial charge in [0.05, 0.1) is 11.6 Å². The number of carbonyl (C=O) groups excluding carboxylic acids is 2. The molecule has 1 aromatic carbocycles. The molecule has 0 heterocycles. The van der Waals surface area contributed by atoms with E-state index in [9.17, 15) is 9.59 Å². The Bertz CT molecular complexity index is 745. The molecule has 142 valence electrons. The molecule has 0 atom stereocenters. The molecule has 0 saturated heterocycles. The Labute approximate surface area is 160 Å². The zero-order chi connectivity index (χ0) is 18.9. The largest absolute Gasteiger partial charge is 0.355 e. The first-order chi connectivity index (χ1) is 13.1. The van der Waals surface area contributed by atoms with Crippen molar-refractivity contribution in [1.29, 1.82) is 5.26 Å². The van der Waals surface area contributed by atoms with Gasteiger partial charge in [0.25, 0.3) is 0 Å². The van der Waals surface area contributed by atoms with Crippen LogP contribution in [0.3, 0.4) is 0 Å². The highest BCUT2D eigenvalue weighted by atomic mass is 16.2. The molecule has 4 aliphatic carbocycles. The maximum atomic E-state index is 12.9. The van der Waals surface area contributed by atoms with E-state index < -0.39 is 0 Å². The summed E-state index contributed by atoms with van der Waals surface area (Å²) in [6.07, 6.45) is 7.40. The van der Waals surface area contributed by atoms with E-state index in [0.29, 0.717) is 18.7 Å². The van der Waals surface area contributed by atoms with Gasteiger partial charge in [0.1, 0.15) is 0 Å². The van der Waals surface area contributed by atoms with Gasteiger partial charge in [-0.2, -0.15) is 5.26 Å². The topological polar surface area (TPSA) is 82.0 Å². The molecule has 4 fully saturated rings. The lowest BCUT2D eigenvalue weighted by atomic mass is 9.49. The van der Waals surface area contributed by atoms with E-state index in [0.717, 1.165) is 42.6 Å². The van der Waals surface area contributed by atoms with Gasteiger partial charge >= 0.3 is 0 Å². The van der Waals surface area contributed by atoms with Crippen molar-refractivity contribution < 1.29 is 9.59 Å². The Morgan fingerprint density at radius 2 is 1.74 bits per heavy atom. The maximum absolute atomic E-state index is 12.9. The lowest BCUT2D eigenvalue weighted by Crippen LogP contribution is -2.53. The molecule has 0 spiro atoms. The standard InChI is InChI=1S/C22H27N3O2/c23-13-15-2-1-3-16(6-15)14-25-20(26)4-5-24-21(27)22-10-17-7-18(11-22)9-19(8-17)12-22/h1-3,6,17-19H,4-5,7-12,14H2,(H,24,27)(H,25,26). The number of rotatable bonds is 6. The number of carbonyl (C=O) groups is 2. The van der Waals surface area contributed by atoms with Crippen LogP contribution in [-0.4, -0.2) is 18.4 Å². The molecule has 4 aliphatic rings. The molecular weight excluding hydrogens is 338 g/mol. The highest BCUT2D eigenvalue weighted by Gasteiger charge is 2.54. The third-order valence-corrected chi connectivity index (χ3v) is 6.70. The zero-order valence-electron chi connectivity index (χ0n) is 15.7. The van der Waals surface area contributed by atoms with Crippen LogP contribution in [0.25, 0.3) is 0 Å². The van der Waals surface area contributed by atoms with Gasteiger partial charge in [-0.3, -0.25) is 9.59 Å². The highest BCUT2D eigenvalue weighted by molar-refractivity contribution is 5.84. The summed E-state index contributed by atoms with van der Waals surface area (Å²) in [6.45, 7) is 0.794. The first kappa shape index (κ1) is 18.0. The van der Waals surface area contributed by atoms with E-state index in [1.165, 1.54) is 19.3 Å². The molecule has 0 aliphatic heterocycles. The molecule has 2 amide bonds. The Balaban J connectivity index is 1.22. The van der Waals surface area contributed by atoms with Crippen LogP contribution in [0.2, 0.25) is 0 Å². The second kappa shape index (κ2) is 7.34. The van der Waals surface area contributed by atoms with Gasteiger partial charge in [0.15, 0.2) is 0 Å². The maximum Gasteiger partial charge on any atom is 0.226 e. The van der Waals surface area contributed by atoms with Gasteiger partial charge < -0.3 is 10.6 Å². The quantitative estimate of drug-likeness (QED) is 0.813. The molecule has 5 rings (SSSR count). The highest BCUT2D eigenvalue weighted by Crippen LogP contribution is 2.60. The summed E-state index contributed by atoms with van der Waals surface area (Å²) >= 11 is 0. The predicted octanol–water partition coefficient (Wildman–Crippen LogP) is 2.90. The minimum Gasteiger partial charge on any atom is -0.355 e. The number of nitrogens with zero attached hydrogens (tertiary/aromatic N) is 1. The van der Waals surface area contributed by atoms with Crippen LogP contribution in [-0.2, 0) is 16.1 Å². The Hall–Kier alpha value is -2.35. The van der Waals surface area contributed by atoms with Crippen LogP contribution in [0.15, 0.2) is 24.3 Å². The van der Waals surface area contributed by atoms with Gasteiger partial charge in [0.2, 0.25) is 11.8 Å². The molecule has 0 aromatic heterocycles. The van der Waals surface area contributed by atoms with E-state index in [2.05, 4.69) is 16.7 Å². The van der Waals surface area contributed by atoms with Crippen molar-refractivity contribution in [2.75, 3.05) is 6.54 Å². The Morgan fingerprint density at radius 3 is 2.37 bits per heavy atom. The number of hydrogen-bond acceptors (Lipinski definition) is 3. The van der Waals surface area contributed by atoms with Crippen molar-refractivity contribution in [3.05, 3.63) is 35.4 Å². The van der Waals surface area contributed by atoms with Crippen LogP contribution in [0.1, 0.15) is 56.1 Å². The predicted molar refractivity (Wildman–Crippen MR) is 101 cm³/mol. The summed E-state index contributed by atoms with van der Waals surface area (Å²) in [6, 6.07) is 9.31. The monoisotopic (exact) mass is 365 g/mol. The van der Waals surface area contributed by atoms with Crippen molar-refractivity contribution in [2.24, 2.45) is 23.2 Å². The molecule has 4 bridgehead atoms. The van der Waals surface area contributed by atoms with E-state index in [1.54, 1.807) is 12.1 Å². The number of amides is 2. The van der Waals surface area contributed by atoms with Gasteiger partial charge in [-0.15, -0.1) is 0 Å². The molecule has 5 nitrogen and oxygen atoms in total. The average Bonchev–Trinajstić information content (AvgIpc) is 2.65. The van der Waals surface area contributed by atoms with Crippen LogP contribution in [0.5, 0.6) is 0 Å². The molecule has 2 N–H and O–H groups in total. The Kier molecular flexibility index (Phi) is 4.90. The van der Waals surface area contributed by atoms with Crippen molar-refractivity contribution in [2.45, 2.75) is 51.5 Å². The summed E-state index contributed by atoms with van der Waals surface area (Å²) in [5.41, 5.74) is 1.34. The van der Waals surface area contributed by atoms with E-state index >= 15 is 0 Å². The molecule has 0 unspecified atom stereocenters. The van der Waals surface area contributed by atoms with E-state index in [4.69, 9.17) is 5.26 Å². The second-order valence-electron chi connectivity index (χ2n) is 8.79. The zero-order valence-corrected chi connectivity index (χ0v) is 15.7. The first-order valence-corrected chi connectivity index (χ1v) is 10.1.